The minimum absolute atomic E-state index is 0.0926. The molecule has 0 bridgehead atoms. The van der Waals surface area contributed by atoms with Gasteiger partial charge in [-0.15, -0.1) is 0 Å². The van der Waals surface area contributed by atoms with Crippen LogP contribution in [0.25, 0.3) is 0 Å². The average molecular weight is 331 g/mol. The van der Waals surface area contributed by atoms with E-state index in [1.165, 1.54) is 17.7 Å². The summed E-state index contributed by atoms with van der Waals surface area (Å²) in [6.07, 6.45) is 2.95. The van der Waals surface area contributed by atoms with Crippen molar-refractivity contribution in [2.45, 2.75) is 32.3 Å². The van der Waals surface area contributed by atoms with E-state index in [4.69, 9.17) is 0 Å². The van der Waals surface area contributed by atoms with Gasteiger partial charge in [0.15, 0.2) is 0 Å². The third kappa shape index (κ3) is 3.91. The van der Waals surface area contributed by atoms with E-state index in [1.807, 2.05) is 23.1 Å². The van der Waals surface area contributed by atoms with Crippen molar-refractivity contribution >= 4 is 11.6 Å². The molecule has 0 fully saturated rings. The summed E-state index contributed by atoms with van der Waals surface area (Å²) >= 11 is 0. The van der Waals surface area contributed by atoms with Gasteiger partial charge in [0, 0.05) is 18.7 Å². The van der Waals surface area contributed by atoms with Crippen LogP contribution in [0.4, 0.5) is 14.5 Å². The van der Waals surface area contributed by atoms with Crippen LogP contribution in [0.2, 0.25) is 0 Å². The highest BCUT2D eigenvalue weighted by atomic mass is 19.3. The number of benzene rings is 2. The number of hydrogen-bond acceptors (Lipinski definition) is 2. The van der Waals surface area contributed by atoms with Gasteiger partial charge in [-0.05, 0) is 48.6 Å². The fourth-order valence-electron chi connectivity index (χ4n) is 3.02. The third-order valence-corrected chi connectivity index (χ3v) is 4.19. The van der Waals surface area contributed by atoms with Crippen molar-refractivity contribution in [3.05, 3.63) is 59.7 Å². The van der Waals surface area contributed by atoms with Gasteiger partial charge in [-0.2, -0.15) is 8.78 Å². The molecule has 126 valence electrons. The Kier molecular flexibility index (Phi) is 5.08. The van der Waals surface area contributed by atoms with Crippen LogP contribution in [0, 0.1) is 0 Å². The summed E-state index contributed by atoms with van der Waals surface area (Å²) in [5.74, 6) is 0.222. The summed E-state index contributed by atoms with van der Waals surface area (Å²) in [5, 5.41) is 0. The summed E-state index contributed by atoms with van der Waals surface area (Å²) in [4.78, 5) is 14.4. The molecule has 2 aromatic rings. The molecule has 0 saturated carbocycles. The lowest BCUT2D eigenvalue weighted by atomic mass is 10.0. The quantitative estimate of drug-likeness (QED) is 0.822. The van der Waals surface area contributed by atoms with Crippen molar-refractivity contribution in [3.63, 3.8) is 0 Å². The van der Waals surface area contributed by atoms with Crippen molar-refractivity contribution in [1.29, 1.82) is 0 Å². The van der Waals surface area contributed by atoms with Crippen molar-refractivity contribution in [2.75, 3.05) is 11.4 Å². The number of halogens is 2. The molecule has 5 heteroatoms. The summed E-state index contributed by atoms with van der Waals surface area (Å²) in [6.45, 7) is -2.08. The van der Waals surface area contributed by atoms with Gasteiger partial charge in [0.1, 0.15) is 5.75 Å². The van der Waals surface area contributed by atoms with Gasteiger partial charge in [-0.1, -0.05) is 30.3 Å². The van der Waals surface area contributed by atoms with Crippen LogP contribution in [0.3, 0.4) is 0 Å². The molecule has 1 aliphatic heterocycles. The van der Waals surface area contributed by atoms with Crippen molar-refractivity contribution in [2.24, 2.45) is 0 Å². The molecule has 0 saturated heterocycles. The number of carbonyl (C=O) groups is 1. The van der Waals surface area contributed by atoms with Gasteiger partial charge in [-0.3, -0.25) is 4.79 Å². The molecule has 0 unspecified atom stereocenters. The highest BCUT2D eigenvalue weighted by molar-refractivity contribution is 5.94. The lowest BCUT2D eigenvalue weighted by molar-refractivity contribution is -0.118. The zero-order valence-corrected chi connectivity index (χ0v) is 13.3. The van der Waals surface area contributed by atoms with E-state index in [9.17, 15) is 13.6 Å². The monoisotopic (exact) mass is 331 g/mol. The zero-order valence-electron chi connectivity index (χ0n) is 13.3. The smallest absolute Gasteiger partial charge is 0.387 e. The minimum atomic E-state index is -2.82. The number of amides is 1. The molecule has 1 heterocycles. The van der Waals surface area contributed by atoms with Gasteiger partial charge >= 0.3 is 6.61 Å². The lowest BCUT2D eigenvalue weighted by Crippen LogP contribution is -2.35. The van der Waals surface area contributed by atoms with Gasteiger partial charge in [0.25, 0.3) is 0 Å². The zero-order chi connectivity index (χ0) is 16.9. The minimum Gasteiger partial charge on any atom is -0.435 e. The van der Waals surface area contributed by atoms with Gasteiger partial charge in [-0.25, -0.2) is 0 Å². The second-order valence-electron chi connectivity index (χ2n) is 5.80. The topological polar surface area (TPSA) is 29.5 Å². The van der Waals surface area contributed by atoms with Crippen molar-refractivity contribution < 1.29 is 18.3 Å². The first-order valence-corrected chi connectivity index (χ1v) is 8.05. The Morgan fingerprint density at radius 1 is 1.12 bits per heavy atom. The molecule has 1 amide bonds. The van der Waals surface area contributed by atoms with Gasteiger partial charge in [0.2, 0.25) is 5.91 Å². The van der Waals surface area contributed by atoms with E-state index in [0.717, 1.165) is 30.6 Å². The van der Waals surface area contributed by atoms with E-state index in [-0.39, 0.29) is 11.7 Å². The molecule has 0 aromatic heterocycles. The standard InChI is InChI=1S/C19H19F2NO2/c20-19(21)24-16-10-7-14(8-11-16)9-12-18(23)22-13-3-5-15-4-1-2-6-17(15)22/h1-2,4,6-8,10-11,19H,3,5,9,12-13H2. The van der Waals surface area contributed by atoms with E-state index >= 15 is 0 Å². The van der Waals surface area contributed by atoms with Gasteiger partial charge in [0.05, 0.1) is 0 Å². The number of nitrogens with zero attached hydrogens (tertiary/aromatic N) is 1. The number of carbonyl (C=O) groups excluding carboxylic acids is 1. The predicted octanol–water partition coefficient (Wildman–Crippen LogP) is 4.20. The lowest BCUT2D eigenvalue weighted by Gasteiger charge is -2.29. The highest BCUT2D eigenvalue weighted by Crippen LogP contribution is 2.27. The highest BCUT2D eigenvalue weighted by Gasteiger charge is 2.21. The number of aryl methyl sites for hydroxylation is 2. The number of hydrogen-bond donors (Lipinski definition) is 0. The Hall–Kier alpha value is -2.43. The molecule has 0 radical (unpaired) electrons. The van der Waals surface area contributed by atoms with Crippen LogP contribution in [0.15, 0.2) is 48.5 Å². The number of alkyl halides is 2. The third-order valence-electron chi connectivity index (χ3n) is 4.19. The molecule has 24 heavy (non-hydrogen) atoms. The second kappa shape index (κ2) is 7.43. The maximum absolute atomic E-state index is 12.5. The number of ether oxygens (including phenoxy) is 1. The summed E-state index contributed by atoms with van der Waals surface area (Å²) in [6, 6.07) is 14.4. The summed E-state index contributed by atoms with van der Waals surface area (Å²) in [7, 11) is 0. The molecular weight excluding hydrogens is 312 g/mol. The second-order valence-corrected chi connectivity index (χ2v) is 5.80. The Balaban J connectivity index is 1.60. The molecular formula is C19H19F2NO2. The van der Waals surface area contributed by atoms with E-state index in [2.05, 4.69) is 10.8 Å². The van der Waals surface area contributed by atoms with Crippen LogP contribution in [-0.4, -0.2) is 19.1 Å². The first-order valence-electron chi connectivity index (χ1n) is 8.05. The normalized spacial score (nSPS) is 13.7. The van der Waals surface area contributed by atoms with Crippen LogP contribution in [0.1, 0.15) is 24.0 Å². The summed E-state index contributed by atoms with van der Waals surface area (Å²) in [5.41, 5.74) is 3.15. The Morgan fingerprint density at radius 2 is 1.88 bits per heavy atom. The molecule has 3 rings (SSSR count). The van der Waals surface area contributed by atoms with Crippen LogP contribution >= 0.6 is 0 Å². The van der Waals surface area contributed by atoms with Crippen LogP contribution < -0.4 is 9.64 Å². The fourth-order valence-corrected chi connectivity index (χ4v) is 3.02. The first kappa shape index (κ1) is 16.4. The van der Waals surface area contributed by atoms with E-state index in [0.29, 0.717) is 12.8 Å². The Morgan fingerprint density at radius 3 is 2.62 bits per heavy atom. The van der Waals surface area contributed by atoms with E-state index < -0.39 is 6.61 Å². The average Bonchev–Trinajstić information content (AvgIpc) is 2.60. The SMILES string of the molecule is O=C(CCc1ccc(OC(F)F)cc1)N1CCCc2ccccc21. The number of para-hydroxylation sites is 1. The van der Waals surface area contributed by atoms with E-state index in [1.54, 1.807) is 12.1 Å². The first-order chi connectivity index (χ1) is 11.6. The molecule has 3 nitrogen and oxygen atoms in total. The van der Waals surface area contributed by atoms with Crippen molar-refractivity contribution in [1.82, 2.24) is 0 Å². The molecule has 1 aliphatic rings. The molecule has 2 aromatic carbocycles. The molecule has 0 spiro atoms. The molecule has 0 aliphatic carbocycles. The van der Waals surface area contributed by atoms with Crippen LogP contribution in [0.5, 0.6) is 5.75 Å². The number of fused-ring (bicyclic) bond motifs is 1. The Bertz CT molecular complexity index is 701. The largest absolute Gasteiger partial charge is 0.435 e. The van der Waals surface area contributed by atoms with Crippen molar-refractivity contribution in [3.8, 4) is 5.75 Å². The number of rotatable bonds is 5. The maximum Gasteiger partial charge on any atom is 0.387 e. The van der Waals surface area contributed by atoms with Crippen LogP contribution in [-0.2, 0) is 17.6 Å². The maximum atomic E-state index is 12.5. The molecule has 0 N–H and O–H groups in total. The Labute approximate surface area is 139 Å². The predicted molar refractivity (Wildman–Crippen MR) is 88.5 cm³/mol. The summed E-state index contributed by atoms with van der Waals surface area (Å²) < 4.78 is 28.6. The molecule has 0 atom stereocenters. The van der Waals surface area contributed by atoms with Gasteiger partial charge < -0.3 is 9.64 Å². The fraction of sp³-hybridized carbons (Fsp3) is 0.316. The number of anilines is 1.